The van der Waals surface area contributed by atoms with Gasteiger partial charge in [-0.3, -0.25) is 4.79 Å². The van der Waals surface area contributed by atoms with E-state index in [0.717, 1.165) is 0 Å². The summed E-state index contributed by atoms with van der Waals surface area (Å²) in [5.74, 6) is -0.0334. The number of carbonyl (C=O) groups excluding carboxylic acids is 1. The van der Waals surface area contributed by atoms with E-state index in [4.69, 9.17) is 9.88 Å². The van der Waals surface area contributed by atoms with Crippen molar-refractivity contribution >= 4 is 5.91 Å². The Labute approximate surface area is 83.5 Å². The first-order valence-electron chi connectivity index (χ1n) is 4.67. The van der Waals surface area contributed by atoms with Crippen LogP contribution in [0.15, 0.2) is 12.2 Å². The van der Waals surface area contributed by atoms with E-state index in [9.17, 15) is 4.79 Å². The molecule has 0 aromatic carbocycles. The van der Waals surface area contributed by atoms with Gasteiger partial charge >= 0.3 is 0 Å². The highest BCUT2D eigenvalue weighted by molar-refractivity contribution is 5.81. The molecule has 1 heterocycles. The Kier molecular flexibility index (Phi) is 4.58. The van der Waals surface area contributed by atoms with Gasteiger partial charge in [0.2, 0.25) is 5.91 Å². The van der Waals surface area contributed by atoms with Crippen molar-refractivity contribution in [3.05, 3.63) is 12.2 Å². The summed E-state index contributed by atoms with van der Waals surface area (Å²) in [4.78, 5) is 21.1. The van der Waals surface area contributed by atoms with Crippen molar-refractivity contribution < 1.29 is 14.7 Å². The van der Waals surface area contributed by atoms with E-state index in [0.29, 0.717) is 19.6 Å². The van der Waals surface area contributed by atoms with E-state index in [1.54, 1.807) is 7.05 Å². The van der Waals surface area contributed by atoms with Gasteiger partial charge in [-0.25, -0.2) is 4.89 Å². The minimum absolute atomic E-state index is 0.0334. The molecule has 5 nitrogen and oxygen atoms in total. The van der Waals surface area contributed by atoms with Crippen molar-refractivity contribution in [2.75, 3.05) is 20.2 Å². The Morgan fingerprint density at radius 2 is 2.50 bits per heavy atom. The van der Waals surface area contributed by atoms with Crippen LogP contribution in [0.5, 0.6) is 0 Å². The average molecular weight is 200 g/mol. The lowest BCUT2D eigenvalue weighted by Gasteiger charge is -2.28. The summed E-state index contributed by atoms with van der Waals surface area (Å²) in [5.41, 5.74) is 0. The van der Waals surface area contributed by atoms with E-state index in [1.165, 1.54) is 5.06 Å². The topological polar surface area (TPSA) is 50.8 Å². The summed E-state index contributed by atoms with van der Waals surface area (Å²) in [6.07, 6.45) is 4.43. The summed E-state index contributed by atoms with van der Waals surface area (Å²) < 4.78 is 0. The maximum Gasteiger partial charge on any atom is 0.240 e. The Morgan fingerprint density at radius 3 is 3.14 bits per heavy atom. The van der Waals surface area contributed by atoms with Crippen molar-refractivity contribution in [3.8, 4) is 0 Å². The Bertz CT molecular complexity index is 218. The molecule has 5 heteroatoms. The molecule has 0 saturated carbocycles. The molecule has 1 atom stereocenters. The minimum Gasteiger partial charge on any atom is -0.351 e. The number of nitrogens with zero attached hydrogens (tertiary/aromatic N) is 1. The van der Waals surface area contributed by atoms with Crippen LogP contribution >= 0.6 is 0 Å². The zero-order chi connectivity index (χ0) is 10.4. The normalized spacial score (nSPS) is 24.0. The van der Waals surface area contributed by atoms with Gasteiger partial charge in [-0.15, -0.1) is 10.1 Å². The number of allylic oxidation sites excluding steroid dienone is 1. The Morgan fingerprint density at radius 1 is 1.71 bits per heavy atom. The van der Waals surface area contributed by atoms with Crippen molar-refractivity contribution in [1.82, 2.24) is 10.4 Å². The van der Waals surface area contributed by atoms with Crippen LogP contribution < -0.4 is 5.32 Å². The van der Waals surface area contributed by atoms with Crippen molar-refractivity contribution in [3.63, 3.8) is 0 Å². The van der Waals surface area contributed by atoms with Crippen LogP contribution in [0.4, 0.5) is 0 Å². The molecule has 0 bridgehead atoms. The van der Waals surface area contributed by atoms with Gasteiger partial charge in [0, 0.05) is 20.0 Å². The summed E-state index contributed by atoms with van der Waals surface area (Å²) in [5, 5.41) is 4.21. The molecule has 1 rings (SSSR count). The molecule has 1 fully saturated rings. The fourth-order valence-corrected chi connectivity index (χ4v) is 1.21. The first kappa shape index (κ1) is 11.2. The summed E-state index contributed by atoms with van der Waals surface area (Å²) in [7, 11) is 1.68. The quantitative estimate of drug-likeness (QED) is 0.524. The maximum atomic E-state index is 11.6. The summed E-state index contributed by atoms with van der Waals surface area (Å²) >= 11 is 0. The number of hydroxylamine groups is 2. The first-order valence-corrected chi connectivity index (χ1v) is 4.67. The molecule has 0 aromatic heterocycles. The molecule has 80 valence electrons. The van der Waals surface area contributed by atoms with Gasteiger partial charge in [0.15, 0.2) is 0 Å². The predicted molar refractivity (Wildman–Crippen MR) is 51.0 cm³/mol. The molecule has 1 N–H and O–H groups in total. The molecule has 0 radical (unpaired) electrons. The van der Waals surface area contributed by atoms with Crippen LogP contribution in [-0.2, 0) is 14.7 Å². The third kappa shape index (κ3) is 3.10. The molecule has 1 unspecified atom stereocenters. The highest BCUT2D eigenvalue weighted by Gasteiger charge is 2.27. The van der Waals surface area contributed by atoms with Crippen LogP contribution in [0, 0.1) is 0 Å². The van der Waals surface area contributed by atoms with Crippen molar-refractivity contribution in [2.45, 2.75) is 19.4 Å². The Hall–Kier alpha value is -0.910. The smallest absolute Gasteiger partial charge is 0.240 e. The number of amides is 1. The number of hydrogen-bond donors (Lipinski definition) is 1. The summed E-state index contributed by atoms with van der Waals surface area (Å²) in [6.45, 7) is 2.92. The SMILES string of the molecule is C/C=C/CNC(=O)C1CCOON1C. The fourth-order valence-electron chi connectivity index (χ4n) is 1.21. The monoisotopic (exact) mass is 200 g/mol. The number of rotatable bonds is 3. The molecule has 1 aliphatic heterocycles. The number of nitrogens with one attached hydrogen (secondary N) is 1. The molecular formula is C9H16N2O3. The second kappa shape index (κ2) is 5.74. The van der Waals surface area contributed by atoms with Crippen LogP contribution in [0.2, 0.25) is 0 Å². The average Bonchev–Trinajstić information content (AvgIpc) is 2.18. The van der Waals surface area contributed by atoms with Gasteiger partial charge in [-0.1, -0.05) is 12.2 Å². The number of hydrogen-bond acceptors (Lipinski definition) is 4. The van der Waals surface area contributed by atoms with E-state index in [2.05, 4.69) is 5.32 Å². The van der Waals surface area contributed by atoms with Crippen LogP contribution in [-0.4, -0.2) is 37.2 Å². The number of likely N-dealkylation sites (N-methyl/N-ethyl adjacent to an activating group) is 1. The first-order chi connectivity index (χ1) is 6.75. The Balaban J connectivity index is 2.34. The molecule has 1 amide bonds. The largest absolute Gasteiger partial charge is 0.351 e. The van der Waals surface area contributed by atoms with Gasteiger partial charge in [-0.2, -0.15) is 0 Å². The lowest BCUT2D eigenvalue weighted by atomic mass is 10.2. The van der Waals surface area contributed by atoms with Crippen molar-refractivity contribution in [2.24, 2.45) is 0 Å². The fraction of sp³-hybridized carbons (Fsp3) is 0.667. The third-order valence-electron chi connectivity index (χ3n) is 2.02. The lowest BCUT2D eigenvalue weighted by Crippen LogP contribution is -2.48. The van der Waals surface area contributed by atoms with Crippen molar-refractivity contribution in [1.29, 1.82) is 0 Å². The highest BCUT2D eigenvalue weighted by Crippen LogP contribution is 2.09. The number of carbonyl (C=O) groups is 1. The molecule has 14 heavy (non-hydrogen) atoms. The van der Waals surface area contributed by atoms with Gasteiger partial charge in [0.1, 0.15) is 6.04 Å². The van der Waals surface area contributed by atoms with Crippen LogP contribution in [0.25, 0.3) is 0 Å². The lowest BCUT2D eigenvalue weighted by molar-refractivity contribution is -0.447. The van der Waals surface area contributed by atoms with Crippen LogP contribution in [0.1, 0.15) is 13.3 Å². The van der Waals surface area contributed by atoms with Gasteiger partial charge in [0.05, 0.1) is 6.61 Å². The van der Waals surface area contributed by atoms with E-state index < -0.39 is 0 Å². The standard InChI is InChI=1S/C9H16N2O3/c1-3-4-6-10-9(12)8-5-7-13-14-11(8)2/h3-4,8H,5-7H2,1-2H3,(H,10,12)/b4-3+. The maximum absolute atomic E-state index is 11.6. The summed E-state index contributed by atoms with van der Waals surface area (Å²) in [6, 6.07) is -0.256. The third-order valence-corrected chi connectivity index (χ3v) is 2.02. The highest BCUT2D eigenvalue weighted by atomic mass is 17.3. The minimum atomic E-state index is -0.256. The van der Waals surface area contributed by atoms with Crippen LogP contribution in [0.3, 0.4) is 0 Å². The second-order valence-corrected chi connectivity index (χ2v) is 3.06. The predicted octanol–water partition coefficient (Wildman–Crippen LogP) is 0.246. The molecule has 0 aliphatic carbocycles. The van der Waals surface area contributed by atoms with E-state index in [1.807, 2.05) is 19.1 Å². The molecule has 0 spiro atoms. The van der Waals surface area contributed by atoms with Gasteiger partial charge in [0.25, 0.3) is 0 Å². The van der Waals surface area contributed by atoms with E-state index >= 15 is 0 Å². The molecule has 0 aromatic rings. The molecular weight excluding hydrogens is 184 g/mol. The van der Waals surface area contributed by atoms with Gasteiger partial charge < -0.3 is 5.32 Å². The second-order valence-electron chi connectivity index (χ2n) is 3.06. The molecule has 1 saturated heterocycles. The van der Waals surface area contributed by atoms with E-state index in [-0.39, 0.29) is 11.9 Å². The zero-order valence-corrected chi connectivity index (χ0v) is 8.53. The zero-order valence-electron chi connectivity index (χ0n) is 8.53. The van der Waals surface area contributed by atoms with Gasteiger partial charge in [-0.05, 0) is 6.92 Å². The molecule has 1 aliphatic rings.